The summed E-state index contributed by atoms with van der Waals surface area (Å²) in [5, 5.41) is 3.21. The van der Waals surface area contributed by atoms with Gasteiger partial charge in [-0.2, -0.15) is 0 Å². The van der Waals surface area contributed by atoms with E-state index in [9.17, 15) is 4.39 Å². The maximum Gasteiger partial charge on any atom is 0.203 e. The van der Waals surface area contributed by atoms with Gasteiger partial charge in [0.25, 0.3) is 0 Å². The Hall–Kier alpha value is -3.21. The lowest BCUT2D eigenvalue weighted by Crippen LogP contribution is -2.06. The number of rotatable bonds is 4. The van der Waals surface area contributed by atoms with Crippen LogP contribution in [0.5, 0.6) is 0 Å². The summed E-state index contributed by atoms with van der Waals surface area (Å²) in [4.78, 5) is 9.14. The van der Waals surface area contributed by atoms with Crippen LogP contribution >= 0.6 is 0 Å². The van der Waals surface area contributed by atoms with E-state index in [1.165, 1.54) is 11.6 Å². The number of pyridine rings is 1. The highest BCUT2D eigenvalue weighted by molar-refractivity contribution is 5.82. The van der Waals surface area contributed by atoms with Crippen LogP contribution in [0.4, 0.5) is 10.3 Å². The smallest absolute Gasteiger partial charge is 0.203 e. The number of aromatic nitrogens is 3. The maximum absolute atomic E-state index is 13.8. The summed E-state index contributed by atoms with van der Waals surface area (Å²) in [6, 6.07) is 17.0. The number of imidazole rings is 1. The number of nitrogens with one attached hydrogen (secondary N) is 1. The molecule has 130 valence electrons. The van der Waals surface area contributed by atoms with E-state index in [-0.39, 0.29) is 5.82 Å². The van der Waals surface area contributed by atoms with Gasteiger partial charge in [-0.3, -0.25) is 4.98 Å². The second-order valence-corrected chi connectivity index (χ2v) is 6.31. The van der Waals surface area contributed by atoms with Gasteiger partial charge in [0, 0.05) is 24.7 Å². The lowest BCUT2D eigenvalue weighted by molar-refractivity contribution is 0.612. The van der Waals surface area contributed by atoms with Gasteiger partial charge in [0.15, 0.2) is 0 Å². The number of halogens is 1. The average molecular weight is 346 g/mol. The van der Waals surface area contributed by atoms with Crippen LogP contribution in [-0.4, -0.2) is 14.5 Å². The van der Waals surface area contributed by atoms with Crippen LogP contribution in [0.3, 0.4) is 0 Å². The Kier molecular flexibility index (Phi) is 4.13. The third-order valence-corrected chi connectivity index (χ3v) is 4.58. The number of nitrogens with zero attached hydrogens (tertiary/aromatic N) is 3. The van der Waals surface area contributed by atoms with Crippen LogP contribution in [-0.2, 0) is 13.6 Å². The van der Waals surface area contributed by atoms with Crippen LogP contribution in [0.2, 0.25) is 0 Å². The molecule has 1 N–H and O–H groups in total. The molecule has 2 aromatic carbocycles. The Labute approximate surface area is 151 Å². The fourth-order valence-corrected chi connectivity index (χ4v) is 3.08. The van der Waals surface area contributed by atoms with Crippen molar-refractivity contribution in [3.05, 3.63) is 77.7 Å². The highest BCUT2D eigenvalue weighted by Crippen LogP contribution is 2.26. The zero-order valence-electron chi connectivity index (χ0n) is 14.7. The molecule has 0 atom stereocenters. The number of hydrogen-bond acceptors (Lipinski definition) is 3. The minimum Gasteiger partial charge on any atom is -0.351 e. The number of benzene rings is 2. The summed E-state index contributed by atoms with van der Waals surface area (Å²) < 4.78 is 15.8. The summed E-state index contributed by atoms with van der Waals surface area (Å²) in [6.07, 6.45) is 1.78. The molecule has 0 amide bonds. The lowest BCUT2D eigenvalue weighted by atomic mass is 10.1. The van der Waals surface area contributed by atoms with Crippen molar-refractivity contribution in [2.45, 2.75) is 13.5 Å². The van der Waals surface area contributed by atoms with Crippen molar-refractivity contribution >= 4 is 17.0 Å². The molecule has 0 fully saturated rings. The molecule has 0 aliphatic heterocycles. The van der Waals surface area contributed by atoms with Crippen molar-refractivity contribution < 1.29 is 4.39 Å². The Bertz CT molecular complexity index is 1080. The third-order valence-electron chi connectivity index (χ3n) is 4.58. The van der Waals surface area contributed by atoms with Crippen LogP contribution in [0.1, 0.15) is 11.1 Å². The maximum atomic E-state index is 13.8. The summed E-state index contributed by atoms with van der Waals surface area (Å²) >= 11 is 0. The molecule has 0 bridgehead atoms. The first-order chi connectivity index (χ1) is 12.6. The molecule has 4 aromatic rings. The molecule has 0 unspecified atom stereocenters. The Morgan fingerprint density at radius 1 is 1.08 bits per heavy atom. The normalized spacial score (nSPS) is 11.0. The van der Waals surface area contributed by atoms with E-state index >= 15 is 0 Å². The van der Waals surface area contributed by atoms with E-state index in [2.05, 4.69) is 34.3 Å². The molecule has 0 aliphatic carbocycles. The standard InChI is InChI=1S/C21H19FN4/c1-14-7-3-5-9-16(14)18-11-20-19(13-23-18)25-21(26(20)2)24-12-15-8-4-6-10-17(15)22/h3-11,13H,12H2,1-2H3,(H,24,25). The molecule has 0 radical (unpaired) electrons. The molecule has 0 aliphatic rings. The largest absolute Gasteiger partial charge is 0.351 e. The van der Waals surface area contributed by atoms with E-state index < -0.39 is 0 Å². The fourth-order valence-electron chi connectivity index (χ4n) is 3.08. The molecule has 2 heterocycles. The Morgan fingerprint density at radius 3 is 2.65 bits per heavy atom. The fraction of sp³-hybridized carbons (Fsp3) is 0.143. The first-order valence-corrected chi connectivity index (χ1v) is 8.49. The van der Waals surface area contributed by atoms with Gasteiger partial charge in [0.05, 0.1) is 17.4 Å². The molecule has 0 saturated heterocycles. The quantitative estimate of drug-likeness (QED) is 0.583. The van der Waals surface area contributed by atoms with E-state index in [0.29, 0.717) is 18.1 Å². The van der Waals surface area contributed by atoms with E-state index in [0.717, 1.165) is 22.3 Å². The monoisotopic (exact) mass is 346 g/mol. The minimum absolute atomic E-state index is 0.220. The third kappa shape index (κ3) is 2.92. The number of aryl methyl sites for hydroxylation is 2. The van der Waals surface area contributed by atoms with Gasteiger partial charge < -0.3 is 9.88 Å². The van der Waals surface area contributed by atoms with Gasteiger partial charge in [0.1, 0.15) is 11.3 Å². The van der Waals surface area contributed by atoms with Crippen LogP contribution in [0.25, 0.3) is 22.3 Å². The number of anilines is 1. The van der Waals surface area contributed by atoms with Crippen molar-refractivity contribution in [1.82, 2.24) is 14.5 Å². The van der Waals surface area contributed by atoms with Crippen LogP contribution in [0, 0.1) is 12.7 Å². The molecule has 26 heavy (non-hydrogen) atoms. The van der Waals surface area contributed by atoms with Crippen molar-refractivity contribution in [2.24, 2.45) is 7.05 Å². The Morgan fingerprint density at radius 2 is 1.85 bits per heavy atom. The SMILES string of the molecule is Cc1ccccc1-c1cc2c(cn1)nc(NCc1ccccc1F)n2C. The zero-order valence-corrected chi connectivity index (χ0v) is 14.7. The van der Waals surface area contributed by atoms with Gasteiger partial charge in [-0.25, -0.2) is 9.37 Å². The summed E-state index contributed by atoms with van der Waals surface area (Å²) in [5.74, 6) is 0.467. The molecule has 0 spiro atoms. The summed E-state index contributed by atoms with van der Waals surface area (Å²) in [5.41, 5.74) is 5.60. The van der Waals surface area contributed by atoms with Gasteiger partial charge in [0.2, 0.25) is 5.95 Å². The van der Waals surface area contributed by atoms with Crippen molar-refractivity contribution in [3.8, 4) is 11.3 Å². The van der Waals surface area contributed by atoms with Crippen molar-refractivity contribution in [3.63, 3.8) is 0 Å². The molecular formula is C21H19FN4. The van der Waals surface area contributed by atoms with Crippen LogP contribution < -0.4 is 5.32 Å². The average Bonchev–Trinajstić information content (AvgIpc) is 2.97. The molecule has 2 aromatic heterocycles. The minimum atomic E-state index is -0.220. The molecule has 4 rings (SSSR count). The van der Waals surface area contributed by atoms with Gasteiger partial charge >= 0.3 is 0 Å². The van der Waals surface area contributed by atoms with E-state index in [1.807, 2.05) is 35.9 Å². The highest BCUT2D eigenvalue weighted by atomic mass is 19.1. The summed E-state index contributed by atoms with van der Waals surface area (Å²) in [6.45, 7) is 2.45. The molecule has 4 nitrogen and oxygen atoms in total. The van der Waals surface area contributed by atoms with Gasteiger partial charge in [-0.1, -0.05) is 42.5 Å². The molecule has 0 saturated carbocycles. The summed E-state index contributed by atoms with van der Waals surface area (Å²) in [7, 11) is 1.95. The van der Waals surface area contributed by atoms with Crippen molar-refractivity contribution in [1.29, 1.82) is 0 Å². The topological polar surface area (TPSA) is 42.7 Å². The second-order valence-electron chi connectivity index (χ2n) is 6.31. The first kappa shape index (κ1) is 16.3. The predicted octanol–water partition coefficient (Wildman–Crippen LogP) is 4.69. The number of hydrogen-bond donors (Lipinski definition) is 1. The molecular weight excluding hydrogens is 327 g/mol. The van der Waals surface area contributed by atoms with Gasteiger partial charge in [-0.05, 0) is 24.6 Å². The highest BCUT2D eigenvalue weighted by Gasteiger charge is 2.11. The lowest BCUT2D eigenvalue weighted by Gasteiger charge is -2.07. The van der Waals surface area contributed by atoms with E-state index in [1.54, 1.807) is 18.3 Å². The van der Waals surface area contributed by atoms with Crippen molar-refractivity contribution in [2.75, 3.05) is 5.32 Å². The zero-order chi connectivity index (χ0) is 18.1. The first-order valence-electron chi connectivity index (χ1n) is 8.49. The van der Waals surface area contributed by atoms with E-state index in [4.69, 9.17) is 0 Å². The van der Waals surface area contributed by atoms with Crippen LogP contribution in [0.15, 0.2) is 60.8 Å². The predicted molar refractivity (Wildman–Crippen MR) is 102 cm³/mol. The second kappa shape index (κ2) is 6.59. The molecule has 5 heteroatoms. The number of fused-ring (bicyclic) bond motifs is 1. The Balaban J connectivity index is 1.67. The van der Waals surface area contributed by atoms with Gasteiger partial charge in [-0.15, -0.1) is 0 Å².